The van der Waals surface area contributed by atoms with Crippen molar-refractivity contribution in [1.29, 1.82) is 0 Å². The molecule has 6 rings (SSSR count). The van der Waals surface area contributed by atoms with E-state index in [4.69, 9.17) is 104 Å². The van der Waals surface area contributed by atoms with Gasteiger partial charge < -0.3 is 16.0 Å². The fourth-order valence-electron chi connectivity index (χ4n) is 3.19. The summed E-state index contributed by atoms with van der Waals surface area (Å²) in [7, 11) is 0. The second-order valence-electron chi connectivity index (χ2n) is 8.41. The summed E-state index contributed by atoms with van der Waals surface area (Å²) in [4.78, 5) is 34.1. The number of benzene rings is 3. The number of nitrogens with one attached hydrogen (secondary N) is 3. The quantitative estimate of drug-likeness (QED) is 0.147. The Morgan fingerprint density at radius 2 is 0.500 bits per heavy atom. The lowest BCUT2D eigenvalue weighted by Gasteiger charge is -2.06. The molecule has 0 spiro atoms. The van der Waals surface area contributed by atoms with Crippen molar-refractivity contribution >= 4 is 139 Å². The van der Waals surface area contributed by atoms with E-state index in [-0.39, 0.29) is 49.5 Å². The van der Waals surface area contributed by atoms with Gasteiger partial charge in [0, 0.05) is 0 Å². The van der Waals surface area contributed by atoms with Crippen LogP contribution in [0.4, 0.5) is 34.9 Å². The maximum absolute atomic E-state index is 5.95. The molecule has 12 nitrogen and oxygen atoms in total. The Bertz CT molecular complexity index is 1720. The van der Waals surface area contributed by atoms with Gasteiger partial charge in [-0.1, -0.05) is 71.2 Å². The lowest BCUT2D eigenvalue weighted by atomic mass is 10.3. The molecule has 0 unspecified atom stereocenters. The summed E-state index contributed by atoms with van der Waals surface area (Å²) < 4.78 is 0. The first-order valence-corrected chi connectivity index (χ1v) is 16.1. The monoisotopic (exact) mass is 822 g/mol. The minimum Gasteiger partial charge on any atom is -0.323 e. The second kappa shape index (κ2) is 18.5. The van der Waals surface area contributed by atoms with E-state index in [2.05, 4.69) is 60.8 Å². The number of hydrogen-bond acceptors (Lipinski definition) is 12. The van der Waals surface area contributed by atoms with Gasteiger partial charge in [-0.3, -0.25) is 0 Å². The fraction of sp³-hybridized carbons (Fsp3) is 0. The number of halogens is 9. The van der Waals surface area contributed by atoms with E-state index >= 15 is 0 Å². The first-order valence-electron chi connectivity index (χ1n) is 12.7. The van der Waals surface area contributed by atoms with E-state index < -0.39 is 0 Å². The van der Waals surface area contributed by atoms with Gasteiger partial charge in [-0.25, -0.2) is 0 Å². The van der Waals surface area contributed by atoms with Gasteiger partial charge in [0.2, 0.25) is 49.5 Å². The van der Waals surface area contributed by atoms with Crippen LogP contribution in [0.25, 0.3) is 0 Å². The van der Waals surface area contributed by atoms with E-state index in [9.17, 15) is 0 Å². The van der Waals surface area contributed by atoms with Crippen molar-refractivity contribution in [3.8, 4) is 0 Å². The van der Waals surface area contributed by atoms with Gasteiger partial charge in [0.1, 0.15) is 0 Å². The topological polar surface area (TPSA) is 152 Å². The van der Waals surface area contributed by atoms with E-state index in [0.717, 1.165) is 0 Å². The van der Waals surface area contributed by atoms with E-state index in [1.54, 1.807) is 36.4 Å². The molecular formula is C27H15Cl9N12. The maximum atomic E-state index is 5.95. The molecule has 246 valence electrons. The Balaban J connectivity index is 0.000000163. The Morgan fingerprint density at radius 3 is 0.708 bits per heavy atom. The Hall–Kier alpha value is -3.30. The van der Waals surface area contributed by atoms with Gasteiger partial charge in [0.15, 0.2) is 0 Å². The van der Waals surface area contributed by atoms with Crippen molar-refractivity contribution in [3.05, 3.63) is 120 Å². The molecule has 21 heteroatoms. The number of para-hydroxylation sites is 3. The zero-order valence-electron chi connectivity index (χ0n) is 23.4. The Kier molecular flexibility index (Phi) is 14.4. The van der Waals surface area contributed by atoms with Crippen molar-refractivity contribution in [2.75, 3.05) is 16.0 Å². The van der Waals surface area contributed by atoms with Crippen LogP contribution in [-0.4, -0.2) is 44.9 Å². The second-order valence-corrected chi connectivity index (χ2v) is 11.7. The third-order valence-electron chi connectivity index (χ3n) is 5.10. The lowest BCUT2D eigenvalue weighted by Crippen LogP contribution is -1.99. The maximum Gasteiger partial charge on any atom is 0.232 e. The molecule has 0 aliphatic heterocycles. The zero-order valence-corrected chi connectivity index (χ0v) is 30.2. The van der Waals surface area contributed by atoms with Gasteiger partial charge in [0.05, 0.1) is 32.1 Å². The molecule has 6 aromatic rings. The van der Waals surface area contributed by atoms with Crippen LogP contribution in [0.1, 0.15) is 0 Å². The Morgan fingerprint density at radius 1 is 0.292 bits per heavy atom. The smallest absolute Gasteiger partial charge is 0.232 e. The summed E-state index contributed by atoms with van der Waals surface area (Å²) in [5.74, 6) is 0.745. The highest BCUT2D eigenvalue weighted by Gasteiger charge is 2.07. The average molecular weight is 827 g/mol. The Labute approximate surface area is 317 Å². The lowest BCUT2D eigenvalue weighted by molar-refractivity contribution is 1.05. The van der Waals surface area contributed by atoms with Crippen molar-refractivity contribution in [2.45, 2.75) is 0 Å². The van der Waals surface area contributed by atoms with Crippen molar-refractivity contribution in [2.24, 2.45) is 0 Å². The van der Waals surface area contributed by atoms with Crippen LogP contribution in [-0.2, 0) is 0 Å². The highest BCUT2D eigenvalue weighted by atomic mass is 35.5. The molecule has 0 aliphatic carbocycles. The summed E-state index contributed by atoms with van der Waals surface area (Å²) >= 11 is 51.7. The summed E-state index contributed by atoms with van der Waals surface area (Å²) in [5, 5.41) is 10.5. The van der Waals surface area contributed by atoms with Gasteiger partial charge in [-0.15, -0.1) is 0 Å². The van der Waals surface area contributed by atoms with E-state index in [1.807, 2.05) is 36.4 Å². The van der Waals surface area contributed by atoms with Crippen LogP contribution in [0, 0.1) is 0 Å². The molecule has 3 aromatic heterocycles. The molecule has 3 aromatic carbocycles. The number of nitrogens with zero attached hydrogens (tertiary/aromatic N) is 9. The number of hydrogen-bond donors (Lipinski definition) is 3. The highest BCUT2D eigenvalue weighted by molar-refractivity contribution is 6.34. The molecule has 0 saturated heterocycles. The summed E-state index contributed by atoms with van der Waals surface area (Å²) in [6, 6.07) is 21.5. The highest BCUT2D eigenvalue weighted by Crippen LogP contribution is 2.26. The molecule has 0 aliphatic rings. The van der Waals surface area contributed by atoms with Crippen LogP contribution < -0.4 is 16.0 Å². The summed E-state index contributed by atoms with van der Waals surface area (Å²) in [6.07, 6.45) is 0. The first kappa shape index (κ1) is 37.5. The average Bonchev–Trinajstić information content (AvgIpc) is 3.00. The third kappa shape index (κ3) is 12.3. The van der Waals surface area contributed by atoms with Gasteiger partial charge >= 0.3 is 0 Å². The standard InChI is InChI=1S/3C9H5Cl3N4/c3*10-5-3-1-2-4-6(5)13-9-15-7(11)14-8(12)16-9/h3*1-4H,(H,13,14,15,16). The molecule has 0 atom stereocenters. The number of rotatable bonds is 6. The van der Waals surface area contributed by atoms with Crippen LogP contribution in [0.2, 0.25) is 46.8 Å². The van der Waals surface area contributed by atoms with Gasteiger partial charge in [-0.05, 0) is 106 Å². The third-order valence-corrected chi connectivity index (χ3v) is 7.11. The van der Waals surface area contributed by atoms with Gasteiger partial charge in [-0.2, -0.15) is 44.9 Å². The first-order chi connectivity index (χ1) is 22.9. The minimum absolute atomic E-state index is 0.0227. The molecule has 0 bridgehead atoms. The van der Waals surface area contributed by atoms with Crippen LogP contribution in [0.15, 0.2) is 72.8 Å². The van der Waals surface area contributed by atoms with Crippen molar-refractivity contribution < 1.29 is 0 Å². The summed E-state index contributed by atoms with van der Waals surface area (Å²) in [6.45, 7) is 0. The fourth-order valence-corrected chi connectivity index (χ4v) is 4.83. The predicted molar refractivity (Wildman–Crippen MR) is 194 cm³/mol. The molecule has 0 amide bonds. The number of anilines is 6. The van der Waals surface area contributed by atoms with Crippen molar-refractivity contribution in [3.63, 3.8) is 0 Å². The molecule has 0 radical (unpaired) electrons. The molecule has 0 fully saturated rings. The number of aromatic nitrogens is 9. The molecule has 3 heterocycles. The minimum atomic E-state index is 0.0227. The molecule has 48 heavy (non-hydrogen) atoms. The molecule has 0 saturated carbocycles. The molecular weight excluding hydrogens is 811 g/mol. The van der Waals surface area contributed by atoms with E-state index in [0.29, 0.717) is 32.1 Å². The largest absolute Gasteiger partial charge is 0.323 e. The zero-order chi connectivity index (χ0) is 34.6. The van der Waals surface area contributed by atoms with Crippen molar-refractivity contribution in [1.82, 2.24) is 44.9 Å². The predicted octanol–water partition coefficient (Wildman–Crippen LogP) is 10.7. The van der Waals surface area contributed by atoms with E-state index in [1.165, 1.54) is 0 Å². The van der Waals surface area contributed by atoms with Crippen LogP contribution in [0.3, 0.4) is 0 Å². The SMILES string of the molecule is Clc1nc(Cl)nc(Nc2ccccc2Cl)n1.Clc1nc(Cl)nc(Nc2ccccc2Cl)n1.Clc1nc(Cl)nc(Nc2ccccc2Cl)n1. The molecule has 3 N–H and O–H groups in total. The van der Waals surface area contributed by atoms with Gasteiger partial charge in [0.25, 0.3) is 0 Å². The normalized spacial score (nSPS) is 10.2. The van der Waals surface area contributed by atoms with Crippen LogP contribution >= 0.6 is 104 Å². The summed E-state index contributed by atoms with van der Waals surface area (Å²) in [5.41, 5.74) is 2.01. The van der Waals surface area contributed by atoms with Crippen LogP contribution in [0.5, 0.6) is 0 Å².